The van der Waals surface area contributed by atoms with Crippen LogP contribution in [-0.4, -0.2) is 34.5 Å². The number of carbonyl (C=O) groups excluding carboxylic acids is 2. The van der Waals surface area contributed by atoms with Crippen LogP contribution in [-0.2, 0) is 9.59 Å². The van der Waals surface area contributed by atoms with Gasteiger partial charge in [-0.3, -0.25) is 14.5 Å². The highest BCUT2D eigenvalue weighted by molar-refractivity contribution is 5.96. The minimum absolute atomic E-state index is 0.149. The molecule has 0 bridgehead atoms. The number of imide groups is 1. The Morgan fingerprint density at radius 1 is 1.31 bits per heavy atom. The molecule has 2 amide bonds. The van der Waals surface area contributed by atoms with Crippen LogP contribution in [0.5, 0.6) is 0 Å². The van der Waals surface area contributed by atoms with E-state index in [-0.39, 0.29) is 24.5 Å². The first-order valence-electron chi connectivity index (χ1n) is 4.62. The molecule has 1 N–H and O–H groups in total. The molecule has 0 radical (unpaired) electrons. The van der Waals surface area contributed by atoms with Gasteiger partial charge in [-0.2, -0.15) is 0 Å². The van der Waals surface area contributed by atoms with E-state index in [1.165, 1.54) is 4.90 Å². The van der Waals surface area contributed by atoms with Crippen molar-refractivity contribution in [3.05, 3.63) is 0 Å². The van der Waals surface area contributed by atoms with Crippen LogP contribution in [0.3, 0.4) is 0 Å². The van der Waals surface area contributed by atoms with Crippen molar-refractivity contribution >= 4 is 11.8 Å². The predicted molar refractivity (Wildman–Crippen MR) is 46.9 cm³/mol. The molecule has 1 atom stereocenters. The molecule has 1 aliphatic rings. The van der Waals surface area contributed by atoms with Gasteiger partial charge in [-0.1, -0.05) is 0 Å². The van der Waals surface area contributed by atoms with Crippen LogP contribution < -0.4 is 0 Å². The molecule has 1 saturated heterocycles. The number of amides is 2. The number of hydrogen-bond acceptors (Lipinski definition) is 3. The lowest BCUT2D eigenvalue weighted by Gasteiger charge is -2.24. The summed E-state index contributed by atoms with van der Waals surface area (Å²) in [7, 11) is 0. The first-order chi connectivity index (χ1) is 6.16. The smallest absolute Gasteiger partial charge is 0.229 e. The Balaban J connectivity index is 2.74. The highest BCUT2D eigenvalue weighted by atomic mass is 16.3. The lowest BCUT2D eigenvalue weighted by atomic mass is 10.2. The maximum absolute atomic E-state index is 11.4. The summed E-state index contributed by atoms with van der Waals surface area (Å²) in [6, 6.07) is -0.377. The Bertz CT molecular complexity index is 197. The van der Waals surface area contributed by atoms with Crippen molar-refractivity contribution < 1.29 is 14.7 Å². The minimum atomic E-state index is -0.377. The Morgan fingerprint density at radius 3 is 2.15 bits per heavy atom. The van der Waals surface area contributed by atoms with Crippen molar-refractivity contribution in [2.75, 3.05) is 6.61 Å². The average molecular weight is 185 g/mol. The first-order valence-corrected chi connectivity index (χ1v) is 4.62. The van der Waals surface area contributed by atoms with Crippen molar-refractivity contribution in [1.29, 1.82) is 0 Å². The molecule has 0 spiro atoms. The summed E-state index contributed by atoms with van der Waals surface area (Å²) in [4.78, 5) is 24.0. The van der Waals surface area contributed by atoms with Crippen LogP contribution in [0.25, 0.3) is 0 Å². The van der Waals surface area contributed by atoms with Gasteiger partial charge in [-0.05, 0) is 19.8 Å². The van der Waals surface area contributed by atoms with E-state index >= 15 is 0 Å². The Hall–Kier alpha value is -0.900. The van der Waals surface area contributed by atoms with Gasteiger partial charge in [-0.25, -0.2) is 0 Å². The zero-order valence-corrected chi connectivity index (χ0v) is 7.82. The monoisotopic (exact) mass is 185 g/mol. The molecule has 0 aliphatic carbocycles. The number of likely N-dealkylation sites (tertiary alicyclic amines) is 1. The van der Waals surface area contributed by atoms with Gasteiger partial charge in [0.05, 0.1) is 12.6 Å². The maximum Gasteiger partial charge on any atom is 0.229 e. The summed E-state index contributed by atoms with van der Waals surface area (Å²) in [6.07, 6.45) is 2.41. The predicted octanol–water partition coefficient (Wildman–Crippen LogP) is 0.296. The molecule has 1 heterocycles. The second-order valence-electron chi connectivity index (χ2n) is 3.40. The quantitative estimate of drug-likeness (QED) is 0.629. The summed E-state index contributed by atoms with van der Waals surface area (Å²) < 4.78 is 0. The van der Waals surface area contributed by atoms with Crippen molar-refractivity contribution in [2.24, 2.45) is 0 Å². The van der Waals surface area contributed by atoms with Crippen LogP contribution >= 0.6 is 0 Å². The normalized spacial score (nSPS) is 21.5. The standard InChI is InChI=1S/C9H15NO3/c1-7(6-11)10-8(12)4-2-3-5-9(10)13/h7,11H,2-6H2,1H3/t7-/m1/s1. The van der Waals surface area contributed by atoms with Crippen LogP contribution in [0.4, 0.5) is 0 Å². The lowest BCUT2D eigenvalue weighted by molar-refractivity contribution is -0.147. The number of aliphatic hydroxyl groups excluding tert-OH is 1. The summed E-state index contributed by atoms with van der Waals surface area (Å²) in [5, 5.41) is 8.87. The van der Waals surface area contributed by atoms with E-state index in [1.54, 1.807) is 6.92 Å². The number of carbonyl (C=O) groups is 2. The second-order valence-corrected chi connectivity index (χ2v) is 3.40. The average Bonchev–Trinajstić information content (AvgIpc) is 2.27. The van der Waals surface area contributed by atoms with E-state index in [1.807, 2.05) is 0 Å². The number of rotatable bonds is 2. The van der Waals surface area contributed by atoms with Gasteiger partial charge >= 0.3 is 0 Å². The summed E-state index contributed by atoms with van der Waals surface area (Å²) in [5.41, 5.74) is 0. The van der Waals surface area contributed by atoms with Crippen LogP contribution in [0, 0.1) is 0 Å². The third-order valence-electron chi connectivity index (χ3n) is 2.27. The van der Waals surface area contributed by atoms with E-state index in [2.05, 4.69) is 0 Å². The molecular weight excluding hydrogens is 170 g/mol. The third-order valence-corrected chi connectivity index (χ3v) is 2.27. The van der Waals surface area contributed by atoms with Gasteiger partial charge in [0.15, 0.2) is 0 Å². The largest absolute Gasteiger partial charge is 0.394 e. The minimum Gasteiger partial charge on any atom is -0.394 e. The van der Waals surface area contributed by atoms with Crippen molar-refractivity contribution in [2.45, 2.75) is 38.6 Å². The van der Waals surface area contributed by atoms with Crippen LogP contribution in [0.1, 0.15) is 32.6 Å². The van der Waals surface area contributed by atoms with Gasteiger partial charge in [0.2, 0.25) is 11.8 Å². The van der Waals surface area contributed by atoms with E-state index in [0.717, 1.165) is 12.8 Å². The Kier molecular flexibility index (Phi) is 3.42. The molecule has 74 valence electrons. The van der Waals surface area contributed by atoms with E-state index in [0.29, 0.717) is 12.8 Å². The van der Waals surface area contributed by atoms with Crippen LogP contribution in [0.15, 0.2) is 0 Å². The number of nitrogens with zero attached hydrogens (tertiary/aromatic N) is 1. The van der Waals surface area contributed by atoms with E-state index in [9.17, 15) is 9.59 Å². The fourth-order valence-electron chi connectivity index (χ4n) is 1.51. The fourth-order valence-corrected chi connectivity index (χ4v) is 1.51. The van der Waals surface area contributed by atoms with Crippen LogP contribution in [0.2, 0.25) is 0 Å². The molecule has 0 saturated carbocycles. The maximum atomic E-state index is 11.4. The highest BCUT2D eigenvalue weighted by Gasteiger charge is 2.27. The molecule has 4 heteroatoms. The van der Waals surface area contributed by atoms with Crippen molar-refractivity contribution in [1.82, 2.24) is 4.90 Å². The second kappa shape index (κ2) is 4.37. The fraction of sp³-hybridized carbons (Fsp3) is 0.778. The SMILES string of the molecule is C[C@H](CO)N1C(=O)CCCCC1=O. The highest BCUT2D eigenvalue weighted by Crippen LogP contribution is 2.14. The zero-order valence-electron chi connectivity index (χ0n) is 7.82. The Morgan fingerprint density at radius 2 is 1.77 bits per heavy atom. The van der Waals surface area contributed by atoms with Crippen molar-refractivity contribution in [3.63, 3.8) is 0 Å². The summed E-state index contributed by atoms with van der Waals surface area (Å²) in [5.74, 6) is -0.298. The molecule has 1 rings (SSSR count). The van der Waals surface area contributed by atoms with E-state index < -0.39 is 0 Å². The van der Waals surface area contributed by atoms with Gasteiger partial charge < -0.3 is 5.11 Å². The topological polar surface area (TPSA) is 57.6 Å². The molecule has 0 aromatic heterocycles. The number of hydrogen-bond donors (Lipinski definition) is 1. The molecule has 0 aromatic carbocycles. The van der Waals surface area contributed by atoms with Gasteiger partial charge in [0, 0.05) is 12.8 Å². The molecular formula is C9H15NO3. The van der Waals surface area contributed by atoms with Gasteiger partial charge in [-0.15, -0.1) is 0 Å². The zero-order chi connectivity index (χ0) is 9.84. The first kappa shape index (κ1) is 10.2. The third kappa shape index (κ3) is 2.28. The van der Waals surface area contributed by atoms with Gasteiger partial charge in [0.25, 0.3) is 0 Å². The summed E-state index contributed by atoms with van der Waals surface area (Å²) >= 11 is 0. The lowest BCUT2D eigenvalue weighted by Crippen LogP contribution is -2.43. The molecule has 1 aliphatic heterocycles. The molecule has 0 unspecified atom stereocenters. The summed E-state index contributed by atoms with van der Waals surface area (Å²) in [6.45, 7) is 1.53. The molecule has 13 heavy (non-hydrogen) atoms. The van der Waals surface area contributed by atoms with Gasteiger partial charge in [0.1, 0.15) is 0 Å². The molecule has 1 fully saturated rings. The van der Waals surface area contributed by atoms with Crippen molar-refractivity contribution in [3.8, 4) is 0 Å². The molecule has 0 aromatic rings. The van der Waals surface area contributed by atoms with E-state index in [4.69, 9.17) is 5.11 Å². The molecule has 4 nitrogen and oxygen atoms in total. The Labute approximate surface area is 77.5 Å². The number of aliphatic hydroxyl groups is 1.